The molecule has 1 saturated carbocycles. The van der Waals surface area contributed by atoms with Crippen LogP contribution in [0.25, 0.3) is 0 Å². The Morgan fingerprint density at radius 3 is 2.42 bits per heavy atom. The van der Waals surface area contributed by atoms with E-state index in [2.05, 4.69) is 5.32 Å². The highest BCUT2D eigenvalue weighted by atomic mass is 16.1. The van der Waals surface area contributed by atoms with Crippen LogP contribution in [0.15, 0.2) is 30.3 Å². The standard InChI is InChI=1S/C17H25NO/c19-17(14-16-10-6-3-7-11-16)18-13-12-15-8-4-1-2-5-9-15/h3,6-7,10-11,15H,1-2,4-5,8-9,12-14H2,(H,18,19). The van der Waals surface area contributed by atoms with Crippen molar-refractivity contribution in [3.8, 4) is 0 Å². The largest absolute Gasteiger partial charge is 0.356 e. The van der Waals surface area contributed by atoms with Crippen LogP contribution >= 0.6 is 0 Å². The van der Waals surface area contributed by atoms with Crippen molar-refractivity contribution in [3.05, 3.63) is 35.9 Å². The third-order valence-corrected chi connectivity index (χ3v) is 4.06. The van der Waals surface area contributed by atoms with E-state index in [4.69, 9.17) is 0 Å². The molecule has 1 fully saturated rings. The fourth-order valence-electron chi connectivity index (χ4n) is 2.91. The summed E-state index contributed by atoms with van der Waals surface area (Å²) in [6.07, 6.45) is 9.92. The van der Waals surface area contributed by atoms with Gasteiger partial charge in [0.15, 0.2) is 0 Å². The van der Waals surface area contributed by atoms with Gasteiger partial charge in [-0.05, 0) is 17.9 Å². The number of carbonyl (C=O) groups is 1. The first-order chi connectivity index (χ1) is 9.34. The van der Waals surface area contributed by atoms with Gasteiger partial charge in [-0.2, -0.15) is 0 Å². The zero-order valence-corrected chi connectivity index (χ0v) is 11.7. The van der Waals surface area contributed by atoms with Gasteiger partial charge in [-0.25, -0.2) is 0 Å². The van der Waals surface area contributed by atoms with Crippen LogP contribution < -0.4 is 5.32 Å². The van der Waals surface area contributed by atoms with Crippen molar-refractivity contribution in [3.63, 3.8) is 0 Å². The number of benzene rings is 1. The smallest absolute Gasteiger partial charge is 0.224 e. The maximum Gasteiger partial charge on any atom is 0.224 e. The van der Waals surface area contributed by atoms with Crippen LogP contribution in [-0.4, -0.2) is 12.5 Å². The lowest BCUT2D eigenvalue weighted by molar-refractivity contribution is -0.120. The van der Waals surface area contributed by atoms with Crippen molar-refractivity contribution in [2.24, 2.45) is 5.92 Å². The van der Waals surface area contributed by atoms with Crippen LogP contribution in [0.2, 0.25) is 0 Å². The van der Waals surface area contributed by atoms with Crippen molar-refractivity contribution in [1.82, 2.24) is 5.32 Å². The molecule has 0 aliphatic heterocycles. The van der Waals surface area contributed by atoms with E-state index in [9.17, 15) is 4.79 Å². The summed E-state index contributed by atoms with van der Waals surface area (Å²) in [6.45, 7) is 0.844. The molecule has 0 unspecified atom stereocenters. The molecule has 1 aromatic carbocycles. The van der Waals surface area contributed by atoms with Crippen LogP contribution in [0.1, 0.15) is 50.5 Å². The number of rotatable bonds is 5. The summed E-state index contributed by atoms with van der Waals surface area (Å²) < 4.78 is 0. The Balaban J connectivity index is 1.63. The van der Waals surface area contributed by atoms with E-state index in [1.807, 2.05) is 30.3 Å². The van der Waals surface area contributed by atoms with Crippen LogP contribution in [0.4, 0.5) is 0 Å². The highest BCUT2D eigenvalue weighted by molar-refractivity contribution is 5.78. The van der Waals surface area contributed by atoms with Gasteiger partial charge in [0.2, 0.25) is 5.91 Å². The van der Waals surface area contributed by atoms with Gasteiger partial charge in [-0.3, -0.25) is 4.79 Å². The normalized spacial score (nSPS) is 16.8. The number of carbonyl (C=O) groups excluding carboxylic acids is 1. The predicted octanol–water partition coefficient (Wildman–Crippen LogP) is 3.71. The van der Waals surface area contributed by atoms with Gasteiger partial charge in [0, 0.05) is 6.54 Å². The third kappa shape index (κ3) is 5.46. The van der Waals surface area contributed by atoms with Gasteiger partial charge >= 0.3 is 0 Å². The molecule has 1 aromatic rings. The van der Waals surface area contributed by atoms with Crippen LogP contribution in [0, 0.1) is 5.92 Å². The molecule has 104 valence electrons. The van der Waals surface area contributed by atoms with E-state index in [-0.39, 0.29) is 5.91 Å². The van der Waals surface area contributed by atoms with Crippen molar-refractivity contribution in [2.75, 3.05) is 6.54 Å². The first kappa shape index (κ1) is 14.1. The molecule has 0 atom stereocenters. The highest BCUT2D eigenvalue weighted by Crippen LogP contribution is 2.24. The lowest BCUT2D eigenvalue weighted by atomic mass is 9.97. The monoisotopic (exact) mass is 259 g/mol. The summed E-state index contributed by atoms with van der Waals surface area (Å²) in [7, 11) is 0. The fourth-order valence-corrected chi connectivity index (χ4v) is 2.91. The zero-order chi connectivity index (χ0) is 13.3. The van der Waals surface area contributed by atoms with E-state index >= 15 is 0 Å². The van der Waals surface area contributed by atoms with Crippen LogP contribution in [0.3, 0.4) is 0 Å². The van der Waals surface area contributed by atoms with E-state index in [0.717, 1.165) is 24.4 Å². The van der Waals surface area contributed by atoms with E-state index < -0.39 is 0 Å². The molecule has 1 amide bonds. The maximum atomic E-state index is 11.8. The summed E-state index contributed by atoms with van der Waals surface area (Å²) in [5.41, 5.74) is 1.09. The molecule has 19 heavy (non-hydrogen) atoms. The minimum atomic E-state index is 0.153. The maximum absolute atomic E-state index is 11.8. The zero-order valence-electron chi connectivity index (χ0n) is 11.7. The fraction of sp³-hybridized carbons (Fsp3) is 0.588. The van der Waals surface area contributed by atoms with Gasteiger partial charge in [0.25, 0.3) is 0 Å². The SMILES string of the molecule is O=C(Cc1ccccc1)NCCC1CCCCCC1. The Bertz CT molecular complexity index is 366. The van der Waals surface area contributed by atoms with E-state index in [1.54, 1.807) is 0 Å². The first-order valence-corrected chi connectivity index (χ1v) is 7.65. The number of amides is 1. The van der Waals surface area contributed by atoms with E-state index in [1.165, 1.54) is 38.5 Å². The van der Waals surface area contributed by atoms with Gasteiger partial charge in [0.05, 0.1) is 6.42 Å². The second-order valence-electron chi connectivity index (χ2n) is 5.66. The highest BCUT2D eigenvalue weighted by Gasteiger charge is 2.12. The van der Waals surface area contributed by atoms with Crippen molar-refractivity contribution >= 4 is 5.91 Å². The second kappa shape index (κ2) is 7.98. The van der Waals surface area contributed by atoms with Crippen LogP contribution in [-0.2, 0) is 11.2 Å². The van der Waals surface area contributed by atoms with Crippen LogP contribution in [0.5, 0.6) is 0 Å². The molecule has 0 radical (unpaired) electrons. The lowest BCUT2D eigenvalue weighted by Crippen LogP contribution is -2.27. The quantitative estimate of drug-likeness (QED) is 0.803. The van der Waals surface area contributed by atoms with Gasteiger partial charge < -0.3 is 5.32 Å². The Morgan fingerprint density at radius 2 is 1.74 bits per heavy atom. The molecule has 0 spiro atoms. The van der Waals surface area contributed by atoms with Crippen molar-refractivity contribution < 1.29 is 4.79 Å². The molecule has 1 N–H and O–H groups in total. The molecule has 2 rings (SSSR count). The van der Waals surface area contributed by atoms with Gasteiger partial charge in [0.1, 0.15) is 0 Å². The van der Waals surface area contributed by atoms with Gasteiger partial charge in [-0.1, -0.05) is 68.9 Å². The lowest BCUT2D eigenvalue weighted by Gasteiger charge is -2.14. The Hall–Kier alpha value is -1.31. The summed E-state index contributed by atoms with van der Waals surface area (Å²) in [5.74, 6) is 0.986. The van der Waals surface area contributed by atoms with E-state index in [0.29, 0.717) is 6.42 Å². The number of hydrogen-bond acceptors (Lipinski definition) is 1. The summed E-state index contributed by atoms with van der Waals surface area (Å²) in [5, 5.41) is 3.06. The summed E-state index contributed by atoms with van der Waals surface area (Å²) >= 11 is 0. The summed E-state index contributed by atoms with van der Waals surface area (Å²) in [6, 6.07) is 9.95. The average Bonchev–Trinajstić information content (AvgIpc) is 2.68. The third-order valence-electron chi connectivity index (χ3n) is 4.06. The topological polar surface area (TPSA) is 29.1 Å². The molecular formula is C17H25NO. The van der Waals surface area contributed by atoms with Crippen molar-refractivity contribution in [2.45, 2.75) is 51.4 Å². The van der Waals surface area contributed by atoms with Crippen molar-refractivity contribution in [1.29, 1.82) is 0 Å². The predicted molar refractivity (Wildman–Crippen MR) is 79.0 cm³/mol. The minimum absolute atomic E-state index is 0.153. The first-order valence-electron chi connectivity index (χ1n) is 7.65. The molecule has 2 heteroatoms. The Kier molecular flexibility index (Phi) is 5.93. The Morgan fingerprint density at radius 1 is 1.05 bits per heavy atom. The molecule has 0 saturated heterocycles. The molecule has 0 bridgehead atoms. The molecule has 1 aliphatic rings. The Labute approximate surface area is 116 Å². The number of nitrogens with one attached hydrogen (secondary N) is 1. The molecule has 2 nitrogen and oxygen atoms in total. The number of hydrogen-bond donors (Lipinski definition) is 1. The molecule has 0 heterocycles. The second-order valence-corrected chi connectivity index (χ2v) is 5.66. The average molecular weight is 259 g/mol. The molecule has 1 aliphatic carbocycles. The molecule has 0 aromatic heterocycles. The van der Waals surface area contributed by atoms with Gasteiger partial charge in [-0.15, -0.1) is 0 Å². The summed E-state index contributed by atoms with van der Waals surface area (Å²) in [4.78, 5) is 11.8. The molecular weight excluding hydrogens is 234 g/mol. The minimum Gasteiger partial charge on any atom is -0.356 e.